The Morgan fingerprint density at radius 1 is 1.20 bits per heavy atom. The van der Waals surface area contributed by atoms with Crippen molar-refractivity contribution in [3.63, 3.8) is 0 Å². The van der Waals surface area contributed by atoms with Crippen molar-refractivity contribution in [1.82, 2.24) is 0 Å². The predicted molar refractivity (Wildman–Crippen MR) is 120 cm³/mol. The van der Waals surface area contributed by atoms with Crippen molar-refractivity contribution in [2.75, 3.05) is 24.5 Å². The molecule has 0 spiro atoms. The summed E-state index contributed by atoms with van der Waals surface area (Å²) in [6.45, 7) is 7.03. The zero-order chi connectivity index (χ0) is 21.3. The first kappa shape index (κ1) is 20.8. The second-order valence-electron chi connectivity index (χ2n) is 8.04. The van der Waals surface area contributed by atoms with Crippen LogP contribution in [0, 0.1) is 6.92 Å². The zero-order valence-corrected chi connectivity index (χ0v) is 18.2. The molecule has 6 heteroatoms. The molecule has 2 aromatic rings. The number of imide groups is 1. The fourth-order valence-electron chi connectivity index (χ4n) is 4.63. The van der Waals surface area contributed by atoms with Crippen molar-refractivity contribution in [3.8, 4) is 0 Å². The van der Waals surface area contributed by atoms with Gasteiger partial charge >= 0.3 is 0 Å². The molecule has 1 saturated heterocycles. The van der Waals surface area contributed by atoms with E-state index in [-0.39, 0.29) is 11.8 Å². The number of likely N-dealkylation sites (N-methyl/N-ethyl adjacent to an activating group) is 1. The summed E-state index contributed by atoms with van der Waals surface area (Å²) < 4.78 is 0. The Labute approximate surface area is 182 Å². The fraction of sp³-hybridized carbons (Fsp3) is 0.375. The summed E-state index contributed by atoms with van der Waals surface area (Å²) in [5.74, 6) is -1.18. The number of nitrogens with one attached hydrogen (secondary N) is 1. The van der Waals surface area contributed by atoms with Crippen molar-refractivity contribution in [3.05, 3.63) is 64.2 Å². The highest BCUT2D eigenvalue weighted by molar-refractivity contribution is 6.33. The van der Waals surface area contributed by atoms with Crippen LogP contribution in [0.25, 0.3) is 0 Å². The summed E-state index contributed by atoms with van der Waals surface area (Å²) in [6, 6.07) is 13.1. The molecule has 30 heavy (non-hydrogen) atoms. The van der Waals surface area contributed by atoms with Crippen LogP contribution in [-0.2, 0) is 4.79 Å². The first-order valence-corrected chi connectivity index (χ1v) is 11.0. The molecule has 2 heterocycles. The molecule has 0 aromatic heterocycles. The van der Waals surface area contributed by atoms with E-state index in [9.17, 15) is 9.59 Å². The number of likely N-dealkylation sites (tertiary alicyclic amines) is 1. The normalized spacial score (nSPS) is 24.0. The molecule has 1 N–H and O–H groups in total. The van der Waals surface area contributed by atoms with Crippen molar-refractivity contribution in [2.45, 2.75) is 38.6 Å². The zero-order valence-electron chi connectivity index (χ0n) is 17.4. The maximum Gasteiger partial charge on any atom is 0.265 e. The minimum Gasteiger partial charge on any atom is -0.331 e. The molecule has 2 aromatic carbocycles. The number of hydrogen-bond donors (Lipinski definition) is 1. The van der Waals surface area contributed by atoms with E-state index < -0.39 is 5.92 Å². The smallest absolute Gasteiger partial charge is 0.265 e. The third kappa shape index (κ3) is 3.68. The third-order valence-electron chi connectivity index (χ3n) is 6.36. The summed E-state index contributed by atoms with van der Waals surface area (Å²) in [6.07, 6.45) is 4.14. The molecule has 5 nitrogen and oxygen atoms in total. The molecule has 0 radical (unpaired) electrons. The lowest BCUT2D eigenvalue weighted by molar-refractivity contribution is -0.908. The molecular formula is C24H27ClN3O2+. The predicted octanol–water partition coefficient (Wildman–Crippen LogP) is 3.06. The molecule has 0 bridgehead atoms. The first-order valence-electron chi connectivity index (χ1n) is 10.6. The van der Waals surface area contributed by atoms with Crippen LogP contribution in [0.4, 0.5) is 5.69 Å². The SMILES string of the molecule is CC[NH+]1CCC[C@@H]1CN=CC1C(=O)N(c2cccc(Cl)c2C)C(=O)c2ccccc21. The quantitative estimate of drug-likeness (QED) is 0.592. The number of benzene rings is 2. The number of anilines is 1. The maximum absolute atomic E-state index is 13.5. The summed E-state index contributed by atoms with van der Waals surface area (Å²) in [7, 11) is 0. The van der Waals surface area contributed by atoms with E-state index in [1.807, 2.05) is 25.1 Å². The van der Waals surface area contributed by atoms with Gasteiger partial charge in [-0.05, 0) is 43.2 Å². The van der Waals surface area contributed by atoms with Gasteiger partial charge in [0.25, 0.3) is 5.91 Å². The average molecular weight is 425 g/mol. The largest absolute Gasteiger partial charge is 0.331 e. The van der Waals surface area contributed by atoms with Crippen LogP contribution in [-0.4, -0.2) is 43.7 Å². The van der Waals surface area contributed by atoms with E-state index in [1.165, 1.54) is 24.3 Å². The number of nitrogens with zero attached hydrogens (tertiary/aromatic N) is 2. The van der Waals surface area contributed by atoms with Gasteiger partial charge in [-0.15, -0.1) is 0 Å². The molecule has 156 valence electrons. The number of halogens is 1. The lowest BCUT2D eigenvalue weighted by Gasteiger charge is -2.32. The minimum absolute atomic E-state index is 0.279. The second kappa shape index (κ2) is 8.70. The van der Waals surface area contributed by atoms with Crippen LogP contribution in [0.5, 0.6) is 0 Å². The van der Waals surface area contributed by atoms with Crippen LogP contribution in [0.3, 0.4) is 0 Å². The van der Waals surface area contributed by atoms with Gasteiger partial charge in [-0.3, -0.25) is 14.6 Å². The maximum atomic E-state index is 13.5. The lowest BCUT2D eigenvalue weighted by atomic mass is 9.88. The van der Waals surface area contributed by atoms with Gasteiger partial charge in [0.15, 0.2) is 0 Å². The Bertz CT molecular complexity index is 1000. The van der Waals surface area contributed by atoms with Crippen LogP contribution >= 0.6 is 11.6 Å². The Morgan fingerprint density at radius 3 is 2.80 bits per heavy atom. The Hall–Kier alpha value is -2.50. The molecule has 4 rings (SSSR count). The average Bonchev–Trinajstić information content (AvgIpc) is 3.21. The summed E-state index contributed by atoms with van der Waals surface area (Å²) in [5.41, 5.74) is 2.50. The standard InChI is InChI=1S/C24H26ClN3O2/c1-3-27-13-7-8-17(27)14-26-15-20-18-9-4-5-10-19(18)23(29)28(24(20)30)22-12-6-11-21(25)16(22)2/h4-6,9-12,15,17,20H,3,7-8,13-14H2,1-2H3/p+1/t17-,20?/m1/s1. The van der Waals surface area contributed by atoms with Crippen LogP contribution in [0.2, 0.25) is 5.02 Å². The second-order valence-corrected chi connectivity index (χ2v) is 8.45. The van der Waals surface area contributed by atoms with Crippen molar-refractivity contribution in [2.24, 2.45) is 4.99 Å². The molecule has 0 saturated carbocycles. The Balaban J connectivity index is 1.68. The van der Waals surface area contributed by atoms with E-state index in [0.29, 0.717) is 34.4 Å². The molecule has 0 aliphatic carbocycles. The lowest BCUT2D eigenvalue weighted by Crippen LogP contribution is -3.13. The first-order chi connectivity index (χ1) is 14.5. The monoisotopic (exact) mass is 424 g/mol. The van der Waals surface area contributed by atoms with Gasteiger partial charge in [0, 0.05) is 29.6 Å². The van der Waals surface area contributed by atoms with E-state index >= 15 is 0 Å². The van der Waals surface area contributed by atoms with E-state index in [1.54, 1.807) is 35.4 Å². The fourth-order valence-corrected chi connectivity index (χ4v) is 4.80. The minimum atomic E-state index is -0.580. The highest BCUT2D eigenvalue weighted by atomic mass is 35.5. The molecule has 2 unspecified atom stereocenters. The molecule has 2 amide bonds. The molecule has 2 aliphatic rings. The van der Waals surface area contributed by atoms with Gasteiger partial charge in [0.2, 0.25) is 5.91 Å². The van der Waals surface area contributed by atoms with Crippen molar-refractivity contribution in [1.29, 1.82) is 0 Å². The topological polar surface area (TPSA) is 54.2 Å². The number of amides is 2. The molecule has 2 aliphatic heterocycles. The number of fused-ring (bicyclic) bond motifs is 1. The van der Waals surface area contributed by atoms with Crippen molar-refractivity contribution < 1.29 is 14.5 Å². The van der Waals surface area contributed by atoms with E-state index in [2.05, 4.69) is 11.9 Å². The van der Waals surface area contributed by atoms with Crippen LogP contribution in [0.15, 0.2) is 47.5 Å². The Morgan fingerprint density at radius 2 is 2.00 bits per heavy atom. The number of carbonyl (C=O) groups is 2. The summed E-state index contributed by atoms with van der Waals surface area (Å²) >= 11 is 6.27. The molecule has 3 atom stereocenters. The van der Waals surface area contributed by atoms with Gasteiger partial charge in [-0.25, -0.2) is 4.90 Å². The molecular weight excluding hydrogens is 398 g/mol. The van der Waals surface area contributed by atoms with Gasteiger partial charge in [0.1, 0.15) is 6.04 Å². The van der Waals surface area contributed by atoms with Crippen molar-refractivity contribution >= 4 is 35.3 Å². The third-order valence-corrected chi connectivity index (χ3v) is 6.77. The van der Waals surface area contributed by atoms with Gasteiger partial charge < -0.3 is 4.90 Å². The van der Waals surface area contributed by atoms with Gasteiger partial charge in [-0.1, -0.05) is 35.9 Å². The van der Waals surface area contributed by atoms with E-state index in [4.69, 9.17) is 11.6 Å². The van der Waals surface area contributed by atoms with Gasteiger partial charge in [0.05, 0.1) is 31.2 Å². The van der Waals surface area contributed by atoms with Crippen LogP contribution in [0.1, 0.15) is 47.2 Å². The number of carbonyl (C=O) groups excluding carboxylic acids is 2. The van der Waals surface area contributed by atoms with E-state index in [0.717, 1.165) is 12.1 Å². The number of aliphatic imine (C=N–C) groups is 1. The van der Waals surface area contributed by atoms with Gasteiger partial charge in [-0.2, -0.15) is 0 Å². The number of quaternary nitrogens is 1. The number of hydrogen-bond acceptors (Lipinski definition) is 3. The summed E-state index contributed by atoms with van der Waals surface area (Å²) in [4.78, 5) is 34.2. The summed E-state index contributed by atoms with van der Waals surface area (Å²) in [5, 5.41) is 0.529. The highest BCUT2D eigenvalue weighted by Gasteiger charge is 2.39. The van der Waals surface area contributed by atoms with Crippen LogP contribution < -0.4 is 9.80 Å². The number of rotatable bonds is 5. The Kier molecular flexibility index (Phi) is 6.02. The molecule has 1 fully saturated rings. The highest BCUT2D eigenvalue weighted by Crippen LogP contribution is 2.35.